The molecule has 11 nitrogen and oxygen atoms in total. The molecule has 0 spiro atoms. The maximum absolute atomic E-state index is 11.0. The highest BCUT2D eigenvalue weighted by molar-refractivity contribution is 4.96. The van der Waals surface area contributed by atoms with Crippen LogP contribution >= 0.6 is 0 Å². The van der Waals surface area contributed by atoms with Gasteiger partial charge in [-0.25, -0.2) is 0 Å². The molecule has 11 heteroatoms. The molecule has 3 aliphatic rings. The van der Waals surface area contributed by atoms with Crippen LogP contribution in [0.15, 0.2) is 0 Å². The van der Waals surface area contributed by atoms with Crippen LogP contribution in [0, 0.1) is 11.8 Å². The molecule has 0 saturated carbocycles. The van der Waals surface area contributed by atoms with E-state index in [0.717, 1.165) is 0 Å². The summed E-state index contributed by atoms with van der Waals surface area (Å²) in [5.41, 5.74) is 0. The molecular formula is C24H44O11. The second-order valence-electron chi connectivity index (χ2n) is 10.0. The SMILES string of the molecule is CCC1OC(OC2C(CO)OC(C)C(O)C2O)C(OC2OC(C)C(O)C(CC)C2CC)C(O)C1O. The smallest absolute Gasteiger partial charge is 0.187 e. The van der Waals surface area contributed by atoms with Crippen LogP contribution in [0.5, 0.6) is 0 Å². The molecule has 3 saturated heterocycles. The van der Waals surface area contributed by atoms with Crippen molar-refractivity contribution in [2.24, 2.45) is 11.8 Å². The minimum atomic E-state index is -1.40. The van der Waals surface area contributed by atoms with Gasteiger partial charge in [0.25, 0.3) is 0 Å². The zero-order valence-electron chi connectivity index (χ0n) is 21.2. The van der Waals surface area contributed by atoms with Crippen molar-refractivity contribution in [1.29, 1.82) is 0 Å². The summed E-state index contributed by atoms with van der Waals surface area (Å²) in [4.78, 5) is 0. The van der Waals surface area contributed by atoms with Gasteiger partial charge in [-0.3, -0.25) is 0 Å². The van der Waals surface area contributed by atoms with Crippen LogP contribution in [-0.2, 0) is 23.7 Å². The van der Waals surface area contributed by atoms with Gasteiger partial charge in [-0.05, 0) is 32.6 Å². The molecule has 3 aliphatic heterocycles. The van der Waals surface area contributed by atoms with Crippen LogP contribution in [-0.4, -0.2) is 117 Å². The topological polar surface area (TPSA) is 168 Å². The number of hydrogen-bond donors (Lipinski definition) is 6. The van der Waals surface area contributed by atoms with Gasteiger partial charge in [-0.2, -0.15) is 0 Å². The van der Waals surface area contributed by atoms with E-state index in [1.54, 1.807) is 20.8 Å². The van der Waals surface area contributed by atoms with E-state index in [1.807, 2.05) is 13.8 Å². The van der Waals surface area contributed by atoms with Crippen molar-refractivity contribution in [1.82, 2.24) is 0 Å². The highest BCUT2D eigenvalue weighted by Crippen LogP contribution is 2.39. The average Bonchev–Trinajstić information content (AvgIpc) is 2.84. The molecule has 0 aromatic rings. The molecule has 0 aromatic carbocycles. The first-order chi connectivity index (χ1) is 16.6. The highest BCUT2D eigenvalue weighted by atomic mass is 16.8. The predicted octanol–water partition coefficient (Wildman–Crippen LogP) is -0.727. The van der Waals surface area contributed by atoms with Crippen molar-refractivity contribution in [3.63, 3.8) is 0 Å². The second-order valence-corrected chi connectivity index (χ2v) is 10.0. The van der Waals surface area contributed by atoms with Gasteiger partial charge in [0.2, 0.25) is 0 Å². The number of aliphatic hydroxyl groups excluding tert-OH is 6. The first kappa shape index (κ1) is 29.1. The quantitative estimate of drug-likeness (QED) is 0.245. The Morgan fingerprint density at radius 1 is 0.571 bits per heavy atom. The molecule has 15 atom stereocenters. The van der Waals surface area contributed by atoms with E-state index in [1.165, 1.54) is 0 Å². The van der Waals surface area contributed by atoms with Gasteiger partial charge in [0, 0.05) is 5.92 Å². The fourth-order valence-electron chi connectivity index (χ4n) is 5.62. The Kier molecular flexibility index (Phi) is 10.3. The van der Waals surface area contributed by atoms with Crippen LogP contribution in [0.25, 0.3) is 0 Å². The van der Waals surface area contributed by atoms with Gasteiger partial charge < -0.3 is 54.3 Å². The van der Waals surface area contributed by atoms with Gasteiger partial charge in [-0.1, -0.05) is 27.2 Å². The number of ether oxygens (including phenoxy) is 5. The molecular weight excluding hydrogens is 464 g/mol. The number of rotatable bonds is 8. The van der Waals surface area contributed by atoms with Crippen molar-refractivity contribution < 1.29 is 54.3 Å². The molecule has 6 N–H and O–H groups in total. The van der Waals surface area contributed by atoms with Crippen molar-refractivity contribution in [2.45, 2.75) is 134 Å². The van der Waals surface area contributed by atoms with E-state index in [9.17, 15) is 30.6 Å². The van der Waals surface area contributed by atoms with Gasteiger partial charge in [0.15, 0.2) is 12.6 Å². The fraction of sp³-hybridized carbons (Fsp3) is 1.00. The maximum atomic E-state index is 11.0. The van der Waals surface area contributed by atoms with Crippen LogP contribution < -0.4 is 0 Å². The predicted molar refractivity (Wildman–Crippen MR) is 122 cm³/mol. The van der Waals surface area contributed by atoms with E-state index in [0.29, 0.717) is 19.3 Å². The average molecular weight is 509 g/mol. The second kappa shape index (κ2) is 12.4. The van der Waals surface area contributed by atoms with E-state index in [-0.39, 0.29) is 11.8 Å². The van der Waals surface area contributed by atoms with Crippen molar-refractivity contribution in [2.75, 3.05) is 6.61 Å². The van der Waals surface area contributed by atoms with Gasteiger partial charge in [-0.15, -0.1) is 0 Å². The van der Waals surface area contributed by atoms with Gasteiger partial charge >= 0.3 is 0 Å². The summed E-state index contributed by atoms with van der Waals surface area (Å²) in [6, 6.07) is 0. The van der Waals surface area contributed by atoms with Crippen molar-refractivity contribution in [3.8, 4) is 0 Å². The zero-order valence-corrected chi connectivity index (χ0v) is 21.2. The zero-order chi connectivity index (χ0) is 26.0. The molecule has 206 valence electrons. The van der Waals surface area contributed by atoms with Crippen molar-refractivity contribution >= 4 is 0 Å². The monoisotopic (exact) mass is 508 g/mol. The Morgan fingerprint density at radius 2 is 1.14 bits per heavy atom. The summed E-state index contributed by atoms with van der Waals surface area (Å²) in [6.07, 6.45) is -11.7. The van der Waals surface area contributed by atoms with Crippen LogP contribution in [0.3, 0.4) is 0 Å². The van der Waals surface area contributed by atoms with E-state index >= 15 is 0 Å². The lowest BCUT2D eigenvalue weighted by atomic mass is 9.79. The maximum Gasteiger partial charge on any atom is 0.187 e. The highest BCUT2D eigenvalue weighted by Gasteiger charge is 2.52. The van der Waals surface area contributed by atoms with E-state index in [4.69, 9.17) is 23.7 Å². The summed E-state index contributed by atoms with van der Waals surface area (Å²) < 4.78 is 29.8. The summed E-state index contributed by atoms with van der Waals surface area (Å²) in [6.45, 7) is 8.58. The molecule has 0 radical (unpaired) electrons. The first-order valence-corrected chi connectivity index (χ1v) is 12.9. The largest absolute Gasteiger partial charge is 0.394 e. The summed E-state index contributed by atoms with van der Waals surface area (Å²) in [7, 11) is 0. The Labute approximate surface area is 206 Å². The van der Waals surface area contributed by atoms with Gasteiger partial charge in [0.1, 0.15) is 42.7 Å². The Morgan fingerprint density at radius 3 is 1.71 bits per heavy atom. The molecule has 15 unspecified atom stereocenters. The lowest BCUT2D eigenvalue weighted by Crippen LogP contribution is -2.65. The lowest BCUT2D eigenvalue weighted by Gasteiger charge is -2.49. The first-order valence-electron chi connectivity index (χ1n) is 12.9. The third kappa shape index (κ3) is 5.85. The minimum absolute atomic E-state index is 0.0907. The molecule has 0 aromatic heterocycles. The molecule has 35 heavy (non-hydrogen) atoms. The lowest BCUT2D eigenvalue weighted by molar-refractivity contribution is -0.374. The Bertz CT molecular complexity index is 651. The third-order valence-electron chi connectivity index (χ3n) is 7.84. The van der Waals surface area contributed by atoms with Crippen LogP contribution in [0.2, 0.25) is 0 Å². The molecule has 0 amide bonds. The Hall–Kier alpha value is -0.440. The molecule has 0 bridgehead atoms. The van der Waals surface area contributed by atoms with E-state index in [2.05, 4.69) is 0 Å². The number of aliphatic hydroxyl groups is 6. The minimum Gasteiger partial charge on any atom is -0.394 e. The van der Waals surface area contributed by atoms with Crippen molar-refractivity contribution in [3.05, 3.63) is 0 Å². The summed E-state index contributed by atoms with van der Waals surface area (Å²) >= 11 is 0. The standard InChI is InChI=1S/C24H44O11/c1-6-12-13(7-2)23(32-10(4)16(12)26)35-22-20(30)18(28)14(8-3)33-24(22)34-21-15(9-25)31-11(5)17(27)19(21)29/h10-30H,6-9H2,1-5H3. The van der Waals surface area contributed by atoms with Crippen LogP contribution in [0.4, 0.5) is 0 Å². The molecule has 3 fully saturated rings. The number of hydrogen-bond acceptors (Lipinski definition) is 11. The molecule has 3 rings (SSSR count). The molecule has 3 heterocycles. The third-order valence-corrected chi connectivity index (χ3v) is 7.84. The summed E-state index contributed by atoms with van der Waals surface area (Å²) in [5.74, 6) is -0.274. The molecule has 0 aliphatic carbocycles. The fourth-order valence-corrected chi connectivity index (χ4v) is 5.62. The van der Waals surface area contributed by atoms with Gasteiger partial charge in [0.05, 0.1) is 31.0 Å². The summed E-state index contributed by atoms with van der Waals surface area (Å²) in [5, 5.41) is 63.1. The van der Waals surface area contributed by atoms with E-state index < -0.39 is 86.3 Å². The normalized spacial score (nSPS) is 51.3. The van der Waals surface area contributed by atoms with Crippen LogP contribution in [0.1, 0.15) is 53.9 Å². The Balaban J connectivity index is 1.86.